The number of hydrogen-bond acceptors (Lipinski definition) is 5. The smallest absolute Gasteiger partial charge is 0.368 e. The summed E-state index contributed by atoms with van der Waals surface area (Å²) in [5.74, 6) is 0. The van der Waals surface area contributed by atoms with Gasteiger partial charge in [0.15, 0.2) is 0 Å². The molecular weight excluding hydrogens is 286 g/mol. The van der Waals surface area contributed by atoms with E-state index in [1.165, 1.54) is 0 Å². The van der Waals surface area contributed by atoms with E-state index in [1.807, 2.05) is 26.0 Å². The molecule has 0 atom stereocenters. The summed E-state index contributed by atoms with van der Waals surface area (Å²) >= 11 is 0. The lowest BCUT2D eigenvalue weighted by Crippen LogP contribution is -2.29. The molecule has 7 N–H and O–H groups in total. The van der Waals surface area contributed by atoms with Gasteiger partial charge in [-0.15, -0.1) is 0 Å². The molecule has 0 aliphatic carbocycles. The van der Waals surface area contributed by atoms with Crippen LogP contribution in [0.5, 0.6) is 0 Å². The van der Waals surface area contributed by atoms with Crippen LogP contribution >= 0.6 is 15.2 Å². The fraction of sp³-hybridized carbons (Fsp3) is 1.00. The molecule has 112 valence electrons. The van der Waals surface area contributed by atoms with E-state index in [2.05, 4.69) is 0 Å². The van der Waals surface area contributed by atoms with Crippen molar-refractivity contribution in [2.24, 2.45) is 5.73 Å². The minimum absolute atomic E-state index is 0.0394. The molecule has 0 aromatic heterocycles. The summed E-state index contributed by atoms with van der Waals surface area (Å²) in [5.41, 5.74) is 5.01. The van der Waals surface area contributed by atoms with Crippen LogP contribution in [-0.4, -0.2) is 62.4 Å². The molecule has 0 fully saturated rings. The third kappa shape index (κ3) is 6.94. The van der Waals surface area contributed by atoms with E-state index in [1.54, 1.807) is 0 Å². The Morgan fingerprint density at radius 1 is 1.06 bits per heavy atom. The first-order valence-corrected chi connectivity index (χ1v) is 8.16. The van der Waals surface area contributed by atoms with E-state index < -0.39 is 26.7 Å². The van der Waals surface area contributed by atoms with Gasteiger partial charge in [-0.1, -0.05) is 0 Å². The maximum atomic E-state index is 10.7. The molecule has 0 aliphatic rings. The van der Waals surface area contributed by atoms with Crippen molar-refractivity contribution in [3.8, 4) is 0 Å². The van der Waals surface area contributed by atoms with Crippen LogP contribution in [0.2, 0.25) is 0 Å². The second kappa shape index (κ2) is 7.69. The zero-order chi connectivity index (χ0) is 15.2. The summed E-state index contributed by atoms with van der Waals surface area (Å²) in [4.78, 5) is 36.5. The van der Waals surface area contributed by atoms with E-state index in [0.717, 1.165) is 0 Å². The van der Waals surface area contributed by atoms with Gasteiger partial charge in [-0.2, -0.15) is 0 Å². The van der Waals surface area contributed by atoms with Crippen LogP contribution in [0.25, 0.3) is 0 Å². The van der Waals surface area contributed by atoms with Gasteiger partial charge < -0.3 is 35.3 Å². The molecule has 0 heterocycles. The summed E-state index contributed by atoms with van der Waals surface area (Å²) < 4.78 is 21.4. The Balaban J connectivity index is 0. The molecule has 0 aromatic rings. The maximum absolute atomic E-state index is 10.7. The molecule has 0 unspecified atom stereocenters. The lowest BCUT2D eigenvalue weighted by Gasteiger charge is -2.28. The summed E-state index contributed by atoms with van der Waals surface area (Å²) in [6, 6.07) is 0. The molecule has 0 aliphatic heterocycles. The molecule has 0 saturated carbocycles. The largest absolute Gasteiger partial charge is 0.369 e. The predicted molar refractivity (Wildman–Crippen MR) is 66.9 cm³/mol. The topological polar surface area (TPSA) is 165 Å². The van der Waals surface area contributed by atoms with Crippen LogP contribution in [0.15, 0.2) is 0 Å². The second-order valence-electron chi connectivity index (χ2n) is 4.10. The Hall–Kier alpha value is 0.180. The first-order valence-electron chi connectivity index (χ1n) is 4.94. The Bertz CT molecular complexity index is 299. The van der Waals surface area contributed by atoms with Crippen molar-refractivity contribution in [1.82, 2.24) is 4.90 Å². The van der Waals surface area contributed by atoms with Gasteiger partial charge in [0.25, 0.3) is 5.08 Å². The fourth-order valence-electron chi connectivity index (χ4n) is 0.800. The van der Waals surface area contributed by atoms with Crippen LogP contribution in [-0.2, 0) is 9.13 Å². The first-order chi connectivity index (χ1) is 7.79. The van der Waals surface area contributed by atoms with Crippen molar-refractivity contribution < 1.29 is 33.8 Å². The number of aliphatic hydroxyl groups is 1. The molecule has 0 bridgehead atoms. The highest BCUT2D eigenvalue weighted by molar-refractivity contribution is 7.72. The molecule has 0 rings (SSSR count). The SMILES string of the molecule is CN(C)C.NCCCC(O)(P(=O)(O)O)P(=O)(O)O. The fourth-order valence-corrected chi connectivity index (χ4v) is 3.06. The minimum Gasteiger partial charge on any atom is -0.368 e. The summed E-state index contributed by atoms with van der Waals surface area (Å²) in [6.07, 6.45) is -0.856. The standard InChI is InChI=1S/C4H13NO7P2.C3H9N/c5-3-1-2-4(6,13(7,8)9)14(10,11)12;1-4(2)3/h6H,1-3,5H2,(H2,7,8,9)(H2,10,11,12);1-3H3. The molecule has 0 saturated heterocycles. The first kappa shape index (κ1) is 20.5. The highest BCUT2D eigenvalue weighted by atomic mass is 31.2. The molecule has 0 amide bonds. The maximum Gasteiger partial charge on any atom is 0.369 e. The Labute approximate surface area is 106 Å². The number of nitrogens with two attached hydrogens (primary N) is 1. The van der Waals surface area contributed by atoms with E-state index in [4.69, 9.17) is 25.3 Å². The van der Waals surface area contributed by atoms with Gasteiger partial charge in [0, 0.05) is 6.42 Å². The van der Waals surface area contributed by atoms with Crippen molar-refractivity contribution in [2.45, 2.75) is 17.9 Å². The van der Waals surface area contributed by atoms with Crippen molar-refractivity contribution >= 4 is 15.2 Å². The number of hydrogen-bond donors (Lipinski definition) is 6. The average Bonchev–Trinajstić information content (AvgIpc) is 2.09. The van der Waals surface area contributed by atoms with Gasteiger partial charge in [-0.25, -0.2) is 0 Å². The molecule has 0 radical (unpaired) electrons. The van der Waals surface area contributed by atoms with E-state index in [9.17, 15) is 14.2 Å². The van der Waals surface area contributed by atoms with Crippen molar-refractivity contribution in [2.75, 3.05) is 27.7 Å². The van der Waals surface area contributed by atoms with Gasteiger partial charge in [-0.05, 0) is 34.1 Å². The van der Waals surface area contributed by atoms with Gasteiger partial charge in [0.1, 0.15) is 0 Å². The van der Waals surface area contributed by atoms with E-state index >= 15 is 0 Å². The van der Waals surface area contributed by atoms with Gasteiger partial charge in [-0.3, -0.25) is 9.13 Å². The van der Waals surface area contributed by atoms with E-state index in [-0.39, 0.29) is 13.0 Å². The Morgan fingerprint density at radius 3 is 1.50 bits per heavy atom. The number of nitrogens with zero attached hydrogens (tertiary/aromatic N) is 1. The van der Waals surface area contributed by atoms with Gasteiger partial charge in [0.05, 0.1) is 0 Å². The normalized spacial score (nSPS) is 13.2. The van der Waals surface area contributed by atoms with Crippen LogP contribution in [0.3, 0.4) is 0 Å². The molecule has 18 heavy (non-hydrogen) atoms. The number of rotatable bonds is 5. The molecular formula is C7H22N2O7P2. The van der Waals surface area contributed by atoms with Crippen molar-refractivity contribution in [3.05, 3.63) is 0 Å². The molecule has 0 aromatic carbocycles. The highest BCUT2D eigenvalue weighted by Crippen LogP contribution is 2.69. The monoisotopic (exact) mass is 308 g/mol. The predicted octanol–water partition coefficient (Wildman–Crippen LogP) is -1.10. The quantitative estimate of drug-likeness (QED) is 0.346. The molecule has 9 nitrogen and oxygen atoms in total. The lowest BCUT2D eigenvalue weighted by atomic mass is 10.3. The summed E-state index contributed by atoms with van der Waals surface area (Å²) in [6.45, 7) is -0.0394. The van der Waals surface area contributed by atoms with Crippen molar-refractivity contribution in [3.63, 3.8) is 0 Å². The van der Waals surface area contributed by atoms with Gasteiger partial charge in [0.2, 0.25) is 0 Å². The molecule has 0 spiro atoms. The zero-order valence-corrected chi connectivity index (χ0v) is 12.4. The third-order valence-electron chi connectivity index (χ3n) is 1.65. The average molecular weight is 308 g/mol. The van der Waals surface area contributed by atoms with Gasteiger partial charge >= 0.3 is 15.2 Å². The Morgan fingerprint density at radius 2 is 1.33 bits per heavy atom. The summed E-state index contributed by atoms with van der Waals surface area (Å²) in [7, 11) is -4.60. The Kier molecular flexibility index (Phi) is 8.76. The van der Waals surface area contributed by atoms with E-state index in [0.29, 0.717) is 0 Å². The lowest BCUT2D eigenvalue weighted by molar-refractivity contribution is 0.121. The minimum atomic E-state index is -5.30. The molecule has 11 heteroatoms. The van der Waals surface area contributed by atoms with Crippen LogP contribution < -0.4 is 5.73 Å². The van der Waals surface area contributed by atoms with Crippen molar-refractivity contribution in [1.29, 1.82) is 0 Å². The zero-order valence-electron chi connectivity index (χ0n) is 10.6. The second-order valence-corrected chi connectivity index (χ2v) is 8.10. The van der Waals surface area contributed by atoms with Crippen LogP contribution in [0.4, 0.5) is 0 Å². The summed E-state index contributed by atoms with van der Waals surface area (Å²) in [5, 5.41) is 5.91. The van der Waals surface area contributed by atoms with Crippen LogP contribution in [0, 0.1) is 0 Å². The third-order valence-corrected chi connectivity index (χ3v) is 5.53. The highest BCUT2D eigenvalue weighted by Gasteiger charge is 2.58. The van der Waals surface area contributed by atoms with Crippen LogP contribution in [0.1, 0.15) is 12.8 Å².